The van der Waals surface area contributed by atoms with Crippen molar-refractivity contribution in [3.8, 4) is 23.0 Å². The Morgan fingerprint density at radius 1 is 0.697 bits per heavy atom. The van der Waals surface area contributed by atoms with Crippen LogP contribution in [0.2, 0.25) is 0 Å². The molecule has 0 spiro atoms. The van der Waals surface area contributed by atoms with E-state index in [1.807, 2.05) is 62.4 Å². The summed E-state index contributed by atoms with van der Waals surface area (Å²) in [6.07, 6.45) is 2.59. The monoisotopic (exact) mass is 448 g/mol. The molecule has 0 saturated heterocycles. The van der Waals surface area contributed by atoms with Gasteiger partial charge in [0.05, 0.1) is 13.2 Å². The van der Waals surface area contributed by atoms with E-state index in [4.69, 9.17) is 24.1 Å². The lowest BCUT2D eigenvalue weighted by Crippen LogP contribution is -1.99. The predicted molar refractivity (Wildman–Crippen MR) is 127 cm³/mol. The van der Waals surface area contributed by atoms with Crippen molar-refractivity contribution >= 4 is 12.0 Å². The molecule has 0 fully saturated rings. The van der Waals surface area contributed by atoms with Crippen molar-refractivity contribution in [1.29, 1.82) is 0 Å². The van der Waals surface area contributed by atoms with Gasteiger partial charge in [-0.15, -0.1) is 0 Å². The fraction of sp³-hybridized carbons (Fsp3) is 0.222. The standard InChI is InChI=1S/C27H28O6/c1-3-30-23-10-5-20(6-11-23)18-32-25-15-22(9-14-27(28)29)16-26(17-25)33-19-21-7-12-24(13-8-21)31-4-2/h5-17H,3-4,18-19H2,1-2H3,(H,28,29). The normalized spacial score (nSPS) is 10.7. The highest BCUT2D eigenvalue weighted by Gasteiger charge is 2.05. The van der Waals surface area contributed by atoms with Crippen LogP contribution in [0.15, 0.2) is 72.8 Å². The molecule has 33 heavy (non-hydrogen) atoms. The van der Waals surface area contributed by atoms with Crippen molar-refractivity contribution in [2.75, 3.05) is 13.2 Å². The van der Waals surface area contributed by atoms with Gasteiger partial charge in [0.25, 0.3) is 0 Å². The molecule has 172 valence electrons. The molecule has 0 aliphatic heterocycles. The number of benzene rings is 3. The molecular formula is C27H28O6. The summed E-state index contributed by atoms with van der Waals surface area (Å²) in [7, 11) is 0. The van der Waals surface area contributed by atoms with Crippen molar-refractivity contribution in [2.24, 2.45) is 0 Å². The van der Waals surface area contributed by atoms with Gasteiger partial charge in [-0.3, -0.25) is 0 Å². The molecule has 0 aromatic heterocycles. The molecule has 3 aromatic rings. The van der Waals surface area contributed by atoms with Crippen molar-refractivity contribution in [1.82, 2.24) is 0 Å². The Morgan fingerprint density at radius 3 is 1.55 bits per heavy atom. The zero-order valence-electron chi connectivity index (χ0n) is 18.8. The molecule has 0 heterocycles. The van der Waals surface area contributed by atoms with E-state index in [2.05, 4.69) is 0 Å². The molecule has 0 unspecified atom stereocenters. The fourth-order valence-corrected chi connectivity index (χ4v) is 3.05. The second kappa shape index (κ2) is 12.2. The van der Waals surface area contributed by atoms with Crippen LogP contribution in [-0.2, 0) is 18.0 Å². The van der Waals surface area contributed by atoms with Crippen molar-refractivity contribution in [2.45, 2.75) is 27.1 Å². The Labute approximate surface area is 194 Å². The molecule has 6 heteroatoms. The fourth-order valence-electron chi connectivity index (χ4n) is 3.05. The summed E-state index contributed by atoms with van der Waals surface area (Å²) < 4.78 is 22.8. The maximum atomic E-state index is 10.9. The van der Waals surface area contributed by atoms with Crippen LogP contribution in [0.4, 0.5) is 0 Å². The number of ether oxygens (including phenoxy) is 4. The first kappa shape index (κ1) is 23.7. The lowest BCUT2D eigenvalue weighted by Gasteiger charge is -2.12. The van der Waals surface area contributed by atoms with Gasteiger partial charge >= 0.3 is 5.97 Å². The van der Waals surface area contributed by atoms with E-state index in [0.29, 0.717) is 43.5 Å². The molecule has 0 saturated carbocycles. The zero-order chi connectivity index (χ0) is 23.5. The van der Waals surface area contributed by atoms with E-state index in [0.717, 1.165) is 28.7 Å². The number of rotatable bonds is 12. The first-order valence-corrected chi connectivity index (χ1v) is 10.8. The molecule has 3 aromatic carbocycles. The van der Waals surface area contributed by atoms with Crippen molar-refractivity contribution < 1.29 is 28.8 Å². The minimum atomic E-state index is -1.02. The van der Waals surface area contributed by atoms with Gasteiger partial charge in [-0.05, 0) is 73.0 Å². The molecule has 0 amide bonds. The predicted octanol–water partition coefficient (Wildman–Crippen LogP) is 5.74. The smallest absolute Gasteiger partial charge is 0.328 e. The average molecular weight is 449 g/mol. The van der Waals surface area contributed by atoms with Gasteiger partial charge < -0.3 is 24.1 Å². The van der Waals surface area contributed by atoms with Crippen LogP contribution in [0.5, 0.6) is 23.0 Å². The molecule has 0 aliphatic carbocycles. The van der Waals surface area contributed by atoms with Crippen LogP contribution in [0.3, 0.4) is 0 Å². The SMILES string of the molecule is CCOc1ccc(COc2cc(C=CC(=O)O)cc(OCc3ccc(OCC)cc3)c2)cc1. The van der Waals surface area contributed by atoms with Gasteiger partial charge in [0.15, 0.2) is 0 Å². The van der Waals surface area contributed by atoms with Crippen LogP contribution >= 0.6 is 0 Å². The Bertz CT molecular complexity index is 983. The summed E-state index contributed by atoms with van der Waals surface area (Å²) in [5, 5.41) is 8.97. The summed E-state index contributed by atoms with van der Waals surface area (Å²) >= 11 is 0. The van der Waals surface area contributed by atoms with E-state index in [1.165, 1.54) is 6.08 Å². The Morgan fingerprint density at radius 2 is 1.15 bits per heavy atom. The van der Waals surface area contributed by atoms with Crippen LogP contribution in [0, 0.1) is 0 Å². The third-order valence-corrected chi connectivity index (χ3v) is 4.60. The van der Waals surface area contributed by atoms with Gasteiger partial charge in [0.1, 0.15) is 36.2 Å². The van der Waals surface area contributed by atoms with Gasteiger partial charge in [0, 0.05) is 12.1 Å². The summed E-state index contributed by atoms with van der Waals surface area (Å²) in [6, 6.07) is 20.7. The van der Waals surface area contributed by atoms with E-state index in [1.54, 1.807) is 18.2 Å². The second-order valence-corrected chi connectivity index (χ2v) is 7.14. The second-order valence-electron chi connectivity index (χ2n) is 7.14. The van der Waals surface area contributed by atoms with E-state index in [-0.39, 0.29) is 0 Å². The number of hydrogen-bond donors (Lipinski definition) is 1. The molecule has 0 bridgehead atoms. The molecule has 1 N–H and O–H groups in total. The average Bonchev–Trinajstić information content (AvgIpc) is 2.82. The van der Waals surface area contributed by atoms with Gasteiger partial charge in [-0.2, -0.15) is 0 Å². The first-order chi connectivity index (χ1) is 16.1. The topological polar surface area (TPSA) is 74.2 Å². The molecule has 3 rings (SSSR count). The van der Waals surface area contributed by atoms with Crippen LogP contribution < -0.4 is 18.9 Å². The van der Waals surface area contributed by atoms with Crippen molar-refractivity contribution in [3.63, 3.8) is 0 Å². The van der Waals surface area contributed by atoms with Crippen LogP contribution in [0.25, 0.3) is 6.08 Å². The number of carboxylic acid groups (broad SMARTS) is 1. The maximum absolute atomic E-state index is 10.9. The minimum absolute atomic E-state index is 0.358. The largest absolute Gasteiger partial charge is 0.494 e. The molecule has 6 nitrogen and oxygen atoms in total. The van der Waals surface area contributed by atoms with E-state index >= 15 is 0 Å². The number of aliphatic carboxylic acids is 1. The molecular weight excluding hydrogens is 420 g/mol. The van der Waals surface area contributed by atoms with Gasteiger partial charge in [-0.25, -0.2) is 4.79 Å². The van der Waals surface area contributed by atoms with Crippen LogP contribution in [-0.4, -0.2) is 24.3 Å². The highest BCUT2D eigenvalue weighted by molar-refractivity contribution is 5.85. The number of carboxylic acids is 1. The Kier molecular flexibility index (Phi) is 8.77. The van der Waals surface area contributed by atoms with Crippen LogP contribution in [0.1, 0.15) is 30.5 Å². The summed E-state index contributed by atoms with van der Waals surface area (Å²) in [6.45, 7) is 5.84. The summed E-state index contributed by atoms with van der Waals surface area (Å²) in [4.78, 5) is 10.9. The van der Waals surface area contributed by atoms with E-state index in [9.17, 15) is 4.79 Å². The molecule has 0 aliphatic rings. The Balaban J connectivity index is 1.70. The van der Waals surface area contributed by atoms with Crippen molar-refractivity contribution in [3.05, 3.63) is 89.5 Å². The van der Waals surface area contributed by atoms with E-state index < -0.39 is 5.97 Å². The molecule has 0 radical (unpaired) electrons. The lowest BCUT2D eigenvalue weighted by molar-refractivity contribution is -0.131. The van der Waals surface area contributed by atoms with Gasteiger partial charge in [-0.1, -0.05) is 24.3 Å². The van der Waals surface area contributed by atoms with Gasteiger partial charge in [0.2, 0.25) is 0 Å². The summed E-state index contributed by atoms with van der Waals surface area (Å²) in [5.41, 5.74) is 2.65. The number of carbonyl (C=O) groups is 1. The summed E-state index contributed by atoms with van der Waals surface area (Å²) in [5.74, 6) is 1.77. The number of hydrogen-bond acceptors (Lipinski definition) is 5. The lowest BCUT2D eigenvalue weighted by atomic mass is 10.1. The third kappa shape index (κ3) is 7.92. The minimum Gasteiger partial charge on any atom is -0.494 e. The third-order valence-electron chi connectivity index (χ3n) is 4.60. The quantitative estimate of drug-likeness (QED) is 0.356. The highest BCUT2D eigenvalue weighted by Crippen LogP contribution is 2.26. The highest BCUT2D eigenvalue weighted by atomic mass is 16.5. The first-order valence-electron chi connectivity index (χ1n) is 10.8. The maximum Gasteiger partial charge on any atom is 0.328 e. The molecule has 0 atom stereocenters. The Hall–Kier alpha value is -3.93. The zero-order valence-corrected chi connectivity index (χ0v) is 18.8.